The Morgan fingerprint density at radius 3 is 2.55 bits per heavy atom. The topological polar surface area (TPSA) is 60.3 Å². The van der Waals surface area contributed by atoms with E-state index in [-0.39, 0.29) is 18.0 Å². The molecule has 1 N–H and O–H groups in total. The first-order valence-electron chi connectivity index (χ1n) is 7.19. The molecule has 2 rings (SSSR count). The molecule has 0 saturated heterocycles. The molecule has 0 aliphatic heterocycles. The standard InChI is InChI=1S/C17H20N2O3/c1-13-6-5-7-14(2)17(13)22-11-9-18-15(20)12-19-10-4-3-8-16(19)21/h3-8,10H,9,11-12H2,1-2H3,(H,18,20). The van der Waals surface area contributed by atoms with Gasteiger partial charge in [-0.3, -0.25) is 9.59 Å². The van der Waals surface area contributed by atoms with Crippen molar-refractivity contribution in [1.82, 2.24) is 9.88 Å². The molecule has 1 aromatic heterocycles. The van der Waals surface area contributed by atoms with Gasteiger partial charge in [-0.2, -0.15) is 0 Å². The molecule has 0 aliphatic carbocycles. The van der Waals surface area contributed by atoms with Gasteiger partial charge >= 0.3 is 0 Å². The van der Waals surface area contributed by atoms with E-state index >= 15 is 0 Å². The Labute approximate surface area is 129 Å². The number of hydrogen-bond acceptors (Lipinski definition) is 3. The van der Waals surface area contributed by atoms with Crippen molar-refractivity contribution in [3.63, 3.8) is 0 Å². The lowest BCUT2D eigenvalue weighted by Gasteiger charge is -2.12. The van der Waals surface area contributed by atoms with E-state index in [1.807, 2.05) is 32.0 Å². The van der Waals surface area contributed by atoms with Gasteiger partial charge in [-0.25, -0.2) is 0 Å². The largest absolute Gasteiger partial charge is 0.491 e. The van der Waals surface area contributed by atoms with E-state index in [9.17, 15) is 9.59 Å². The van der Waals surface area contributed by atoms with Crippen LogP contribution in [0.4, 0.5) is 0 Å². The average Bonchev–Trinajstić information content (AvgIpc) is 2.48. The van der Waals surface area contributed by atoms with Gasteiger partial charge in [0.25, 0.3) is 5.56 Å². The van der Waals surface area contributed by atoms with E-state index < -0.39 is 0 Å². The number of nitrogens with one attached hydrogen (secondary N) is 1. The van der Waals surface area contributed by atoms with E-state index in [2.05, 4.69) is 5.32 Å². The van der Waals surface area contributed by atoms with Crippen molar-refractivity contribution in [2.45, 2.75) is 20.4 Å². The summed E-state index contributed by atoms with van der Waals surface area (Å²) in [4.78, 5) is 23.3. The quantitative estimate of drug-likeness (QED) is 0.825. The second kappa shape index (κ2) is 7.45. The van der Waals surface area contributed by atoms with Gasteiger partial charge in [0, 0.05) is 12.3 Å². The Kier molecular flexibility index (Phi) is 5.36. The molecule has 1 amide bonds. The van der Waals surface area contributed by atoms with Crippen LogP contribution in [0.15, 0.2) is 47.4 Å². The second-order valence-electron chi connectivity index (χ2n) is 5.09. The molecule has 5 heteroatoms. The third-order valence-electron chi connectivity index (χ3n) is 3.29. The molecule has 0 unspecified atom stereocenters. The van der Waals surface area contributed by atoms with Crippen LogP contribution in [0.5, 0.6) is 5.75 Å². The maximum Gasteiger partial charge on any atom is 0.250 e. The van der Waals surface area contributed by atoms with Crippen molar-refractivity contribution in [2.75, 3.05) is 13.2 Å². The van der Waals surface area contributed by atoms with Crippen molar-refractivity contribution in [3.05, 3.63) is 64.1 Å². The minimum atomic E-state index is -0.210. The molecule has 1 aromatic carbocycles. The van der Waals surface area contributed by atoms with Crippen molar-refractivity contribution < 1.29 is 9.53 Å². The fourth-order valence-electron chi connectivity index (χ4n) is 2.17. The number of carbonyl (C=O) groups is 1. The molecule has 0 aliphatic rings. The summed E-state index contributed by atoms with van der Waals surface area (Å²) in [5.41, 5.74) is 1.95. The summed E-state index contributed by atoms with van der Waals surface area (Å²) in [7, 11) is 0. The monoisotopic (exact) mass is 300 g/mol. The van der Waals surface area contributed by atoms with Crippen LogP contribution in [0.3, 0.4) is 0 Å². The predicted molar refractivity (Wildman–Crippen MR) is 85.1 cm³/mol. The summed E-state index contributed by atoms with van der Waals surface area (Å²) in [5.74, 6) is 0.648. The molecule has 0 fully saturated rings. The van der Waals surface area contributed by atoms with Gasteiger partial charge in [-0.1, -0.05) is 24.3 Å². The second-order valence-corrected chi connectivity index (χ2v) is 5.09. The third-order valence-corrected chi connectivity index (χ3v) is 3.29. The van der Waals surface area contributed by atoms with Gasteiger partial charge in [0.2, 0.25) is 5.91 Å². The predicted octanol–water partition coefficient (Wildman–Crippen LogP) is 1.66. The summed E-state index contributed by atoms with van der Waals surface area (Å²) < 4.78 is 7.07. The minimum Gasteiger partial charge on any atom is -0.491 e. The highest BCUT2D eigenvalue weighted by Gasteiger charge is 2.05. The zero-order valence-corrected chi connectivity index (χ0v) is 12.8. The Balaban J connectivity index is 1.78. The van der Waals surface area contributed by atoms with E-state index in [4.69, 9.17) is 4.74 Å². The SMILES string of the molecule is Cc1cccc(C)c1OCCNC(=O)Cn1ccccc1=O. The van der Waals surface area contributed by atoms with Crippen LogP contribution in [0.25, 0.3) is 0 Å². The van der Waals surface area contributed by atoms with Crippen molar-refractivity contribution in [3.8, 4) is 5.75 Å². The fraction of sp³-hybridized carbons (Fsp3) is 0.294. The van der Waals surface area contributed by atoms with Crippen LogP contribution in [-0.2, 0) is 11.3 Å². The molecule has 5 nitrogen and oxygen atoms in total. The first kappa shape index (κ1) is 15.8. The smallest absolute Gasteiger partial charge is 0.250 e. The first-order chi connectivity index (χ1) is 10.6. The van der Waals surface area contributed by atoms with Crippen molar-refractivity contribution in [2.24, 2.45) is 0 Å². The molecule has 0 spiro atoms. The zero-order valence-electron chi connectivity index (χ0n) is 12.8. The summed E-state index contributed by atoms with van der Waals surface area (Å²) in [6.07, 6.45) is 1.59. The summed E-state index contributed by atoms with van der Waals surface area (Å²) in [6, 6.07) is 10.8. The summed E-state index contributed by atoms with van der Waals surface area (Å²) in [5, 5.41) is 2.74. The number of aromatic nitrogens is 1. The summed E-state index contributed by atoms with van der Waals surface area (Å²) in [6.45, 7) is 4.78. The van der Waals surface area contributed by atoms with Crippen LogP contribution in [0.2, 0.25) is 0 Å². The Bertz CT molecular complexity index is 687. The van der Waals surface area contributed by atoms with E-state index in [1.165, 1.54) is 10.6 Å². The lowest BCUT2D eigenvalue weighted by molar-refractivity contribution is -0.121. The highest BCUT2D eigenvalue weighted by Crippen LogP contribution is 2.21. The molecule has 22 heavy (non-hydrogen) atoms. The number of carbonyl (C=O) groups excluding carboxylic acids is 1. The normalized spacial score (nSPS) is 10.3. The number of amides is 1. The van der Waals surface area contributed by atoms with Gasteiger partial charge in [0.15, 0.2) is 0 Å². The summed E-state index contributed by atoms with van der Waals surface area (Å²) >= 11 is 0. The lowest BCUT2D eigenvalue weighted by atomic mass is 10.1. The van der Waals surface area contributed by atoms with E-state index in [0.717, 1.165) is 16.9 Å². The highest BCUT2D eigenvalue weighted by atomic mass is 16.5. The molecule has 2 aromatic rings. The highest BCUT2D eigenvalue weighted by molar-refractivity contribution is 5.75. The number of para-hydroxylation sites is 1. The van der Waals surface area contributed by atoms with Gasteiger partial charge in [0.05, 0.1) is 6.54 Å². The first-order valence-corrected chi connectivity index (χ1v) is 7.19. The fourth-order valence-corrected chi connectivity index (χ4v) is 2.17. The Hall–Kier alpha value is -2.56. The van der Waals surface area contributed by atoms with Crippen LogP contribution in [0, 0.1) is 13.8 Å². The van der Waals surface area contributed by atoms with Crippen molar-refractivity contribution >= 4 is 5.91 Å². The van der Waals surface area contributed by atoms with E-state index in [0.29, 0.717) is 13.2 Å². The van der Waals surface area contributed by atoms with Crippen LogP contribution in [-0.4, -0.2) is 23.6 Å². The van der Waals surface area contributed by atoms with Gasteiger partial charge in [0.1, 0.15) is 18.9 Å². The maximum absolute atomic E-state index is 11.8. The Morgan fingerprint density at radius 1 is 1.14 bits per heavy atom. The number of nitrogens with zero attached hydrogens (tertiary/aromatic N) is 1. The molecule has 0 radical (unpaired) electrons. The molecular weight excluding hydrogens is 280 g/mol. The number of rotatable bonds is 6. The molecule has 116 valence electrons. The van der Waals surface area contributed by atoms with Crippen molar-refractivity contribution in [1.29, 1.82) is 0 Å². The lowest BCUT2D eigenvalue weighted by Crippen LogP contribution is -2.34. The van der Waals surface area contributed by atoms with Gasteiger partial charge < -0.3 is 14.6 Å². The average molecular weight is 300 g/mol. The van der Waals surface area contributed by atoms with Crippen LogP contribution >= 0.6 is 0 Å². The van der Waals surface area contributed by atoms with Gasteiger partial charge in [-0.15, -0.1) is 0 Å². The maximum atomic E-state index is 11.8. The molecule has 0 bridgehead atoms. The third kappa shape index (κ3) is 4.22. The van der Waals surface area contributed by atoms with Crippen LogP contribution in [0.1, 0.15) is 11.1 Å². The molecule has 0 atom stereocenters. The zero-order chi connectivity index (χ0) is 15.9. The number of benzene rings is 1. The van der Waals surface area contributed by atoms with Gasteiger partial charge in [-0.05, 0) is 31.0 Å². The number of pyridine rings is 1. The minimum absolute atomic E-state index is 0.0169. The molecule has 1 heterocycles. The molecular formula is C17H20N2O3. The van der Waals surface area contributed by atoms with E-state index in [1.54, 1.807) is 18.3 Å². The molecule has 0 saturated carbocycles. The number of aryl methyl sites for hydroxylation is 2. The number of ether oxygens (including phenoxy) is 1. The Morgan fingerprint density at radius 2 is 1.86 bits per heavy atom. The van der Waals surface area contributed by atoms with Crippen LogP contribution < -0.4 is 15.6 Å². The number of hydrogen-bond donors (Lipinski definition) is 1.